The summed E-state index contributed by atoms with van der Waals surface area (Å²) in [6.07, 6.45) is 0.478. The van der Waals surface area contributed by atoms with Crippen LogP contribution in [0.2, 0.25) is 0 Å². The van der Waals surface area contributed by atoms with Crippen molar-refractivity contribution in [3.63, 3.8) is 0 Å². The molecule has 5 heteroatoms. The van der Waals surface area contributed by atoms with Gasteiger partial charge in [-0.05, 0) is 70.5 Å². The molecule has 0 aliphatic carbocycles. The molecule has 0 radical (unpaired) electrons. The second-order valence-electron chi connectivity index (χ2n) is 4.21. The van der Waals surface area contributed by atoms with Crippen LogP contribution in [0.4, 0.5) is 4.39 Å². The summed E-state index contributed by atoms with van der Waals surface area (Å²) in [7, 11) is 0. The molecular formula is C14H11Br2FIN. The van der Waals surface area contributed by atoms with Gasteiger partial charge in [-0.2, -0.15) is 0 Å². The summed E-state index contributed by atoms with van der Waals surface area (Å²) in [6, 6.07) is 10.8. The van der Waals surface area contributed by atoms with Crippen molar-refractivity contribution in [2.75, 3.05) is 0 Å². The van der Waals surface area contributed by atoms with Gasteiger partial charge < -0.3 is 5.73 Å². The first kappa shape index (κ1) is 15.4. The predicted molar refractivity (Wildman–Crippen MR) is 91.6 cm³/mol. The van der Waals surface area contributed by atoms with Gasteiger partial charge in [0, 0.05) is 18.6 Å². The fourth-order valence-corrected chi connectivity index (χ4v) is 3.28. The molecule has 2 aromatic carbocycles. The first-order valence-electron chi connectivity index (χ1n) is 5.62. The number of nitrogens with two attached hydrogens (primary N) is 1. The summed E-state index contributed by atoms with van der Waals surface area (Å²) in [5, 5.41) is 0. The van der Waals surface area contributed by atoms with Gasteiger partial charge in [0.15, 0.2) is 0 Å². The molecule has 0 bridgehead atoms. The highest BCUT2D eigenvalue weighted by atomic mass is 127. The van der Waals surface area contributed by atoms with Crippen LogP contribution in [-0.2, 0) is 6.42 Å². The highest BCUT2D eigenvalue weighted by molar-refractivity contribution is 14.1. The van der Waals surface area contributed by atoms with Crippen molar-refractivity contribution in [1.29, 1.82) is 0 Å². The molecule has 0 saturated carbocycles. The molecular weight excluding hydrogens is 488 g/mol. The molecule has 0 aromatic heterocycles. The summed E-state index contributed by atoms with van der Waals surface area (Å²) in [4.78, 5) is 0. The lowest BCUT2D eigenvalue weighted by atomic mass is 9.99. The first-order chi connectivity index (χ1) is 8.97. The maximum Gasteiger partial charge on any atom is 0.127 e. The molecule has 2 N–H and O–H groups in total. The van der Waals surface area contributed by atoms with E-state index in [9.17, 15) is 4.39 Å². The summed E-state index contributed by atoms with van der Waals surface area (Å²) < 4.78 is 16.6. The van der Waals surface area contributed by atoms with E-state index in [2.05, 4.69) is 54.5 Å². The van der Waals surface area contributed by atoms with Gasteiger partial charge in [-0.3, -0.25) is 0 Å². The van der Waals surface area contributed by atoms with E-state index in [1.807, 2.05) is 24.3 Å². The normalized spacial score (nSPS) is 12.5. The largest absolute Gasteiger partial charge is 0.324 e. The van der Waals surface area contributed by atoms with Crippen LogP contribution in [0.5, 0.6) is 0 Å². The Balaban J connectivity index is 2.25. The minimum atomic E-state index is -0.227. The Morgan fingerprint density at radius 3 is 2.42 bits per heavy atom. The van der Waals surface area contributed by atoms with E-state index >= 15 is 0 Å². The van der Waals surface area contributed by atoms with Crippen LogP contribution in [0.25, 0.3) is 0 Å². The lowest BCUT2D eigenvalue weighted by molar-refractivity contribution is 0.592. The molecule has 1 unspecified atom stereocenters. The molecule has 0 aliphatic rings. The summed E-state index contributed by atoms with van der Waals surface area (Å²) in [5.41, 5.74) is 7.86. The van der Waals surface area contributed by atoms with Crippen molar-refractivity contribution in [3.05, 3.63) is 65.9 Å². The maximum absolute atomic E-state index is 13.8. The molecule has 100 valence electrons. The van der Waals surface area contributed by atoms with Gasteiger partial charge in [0.25, 0.3) is 0 Å². The van der Waals surface area contributed by atoms with Gasteiger partial charge in [0.05, 0.1) is 0 Å². The Hall–Kier alpha value is 0.0200. The van der Waals surface area contributed by atoms with Crippen LogP contribution < -0.4 is 5.73 Å². The third kappa shape index (κ3) is 4.00. The number of hydrogen-bond acceptors (Lipinski definition) is 1. The van der Waals surface area contributed by atoms with Crippen LogP contribution in [-0.4, -0.2) is 0 Å². The second kappa shape index (κ2) is 6.65. The lowest BCUT2D eigenvalue weighted by Gasteiger charge is -2.15. The maximum atomic E-state index is 13.8. The fourth-order valence-electron chi connectivity index (χ4n) is 1.83. The molecule has 19 heavy (non-hydrogen) atoms. The summed E-state index contributed by atoms with van der Waals surface area (Å²) in [5.74, 6) is -0.227. The van der Waals surface area contributed by atoms with Crippen LogP contribution in [0, 0.1) is 9.39 Å². The molecule has 1 nitrogen and oxygen atoms in total. The molecule has 0 amide bonds. The van der Waals surface area contributed by atoms with Crippen LogP contribution >= 0.6 is 54.5 Å². The average molecular weight is 499 g/mol. The second-order valence-corrected chi connectivity index (χ2v) is 7.21. The predicted octanol–water partition coefficient (Wildman–Crippen LogP) is 5.20. The van der Waals surface area contributed by atoms with E-state index in [4.69, 9.17) is 5.73 Å². The van der Waals surface area contributed by atoms with Crippen molar-refractivity contribution in [3.8, 4) is 0 Å². The Labute approximate surface area is 142 Å². The SMILES string of the molecule is NC(Cc1ccc(Br)cc1F)c1cc(Br)ccc1I. The zero-order valence-corrected chi connectivity index (χ0v) is 15.2. The third-order valence-electron chi connectivity index (χ3n) is 2.81. The number of hydrogen-bond donors (Lipinski definition) is 1. The van der Waals surface area contributed by atoms with E-state index in [0.717, 1.165) is 18.1 Å². The fraction of sp³-hybridized carbons (Fsp3) is 0.143. The highest BCUT2D eigenvalue weighted by Gasteiger charge is 2.13. The summed E-state index contributed by atoms with van der Waals surface area (Å²) >= 11 is 8.93. The molecule has 2 aromatic rings. The Kier molecular flexibility index (Phi) is 5.39. The molecule has 2 rings (SSSR count). The van der Waals surface area contributed by atoms with Crippen LogP contribution in [0.15, 0.2) is 45.3 Å². The monoisotopic (exact) mass is 497 g/mol. The number of benzene rings is 2. The highest BCUT2D eigenvalue weighted by Crippen LogP contribution is 2.26. The Morgan fingerprint density at radius 1 is 1.11 bits per heavy atom. The van der Waals surface area contributed by atoms with E-state index in [1.54, 1.807) is 6.07 Å². The minimum Gasteiger partial charge on any atom is -0.324 e. The van der Waals surface area contributed by atoms with Crippen molar-refractivity contribution in [2.24, 2.45) is 5.73 Å². The molecule has 0 spiro atoms. The molecule has 0 saturated heterocycles. The topological polar surface area (TPSA) is 26.0 Å². The van der Waals surface area contributed by atoms with Gasteiger partial charge in [-0.25, -0.2) is 4.39 Å². The number of rotatable bonds is 3. The smallest absolute Gasteiger partial charge is 0.127 e. The average Bonchev–Trinajstić information content (AvgIpc) is 2.35. The molecule has 0 heterocycles. The van der Waals surface area contributed by atoms with Gasteiger partial charge in [-0.1, -0.05) is 37.9 Å². The minimum absolute atomic E-state index is 0.222. The van der Waals surface area contributed by atoms with E-state index in [-0.39, 0.29) is 11.9 Å². The molecule has 0 fully saturated rings. The summed E-state index contributed by atoms with van der Waals surface area (Å²) in [6.45, 7) is 0. The van der Waals surface area contributed by atoms with Crippen LogP contribution in [0.1, 0.15) is 17.2 Å². The van der Waals surface area contributed by atoms with Gasteiger partial charge in [0.2, 0.25) is 0 Å². The van der Waals surface area contributed by atoms with Crippen molar-refractivity contribution < 1.29 is 4.39 Å². The van der Waals surface area contributed by atoms with E-state index < -0.39 is 0 Å². The third-order valence-corrected chi connectivity index (χ3v) is 4.78. The Bertz CT molecular complexity index is 604. The molecule has 1 atom stereocenters. The quantitative estimate of drug-likeness (QED) is 0.579. The zero-order chi connectivity index (χ0) is 14.0. The van der Waals surface area contributed by atoms with Gasteiger partial charge in [-0.15, -0.1) is 0 Å². The zero-order valence-electron chi connectivity index (χ0n) is 9.84. The lowest BCUT2D eigenvalue weighted by Crippen LogP contribution is -2.15. The van der Waals surface area contributed by atoms with Crippen LogP contribution in [0.3, 0.4) is 0 Å². The van der Waals surface area contributed by atoms with Crippen molar-refractivity contribution in [1.82, 2.24) is 0 Å². The standard InChI is InChI=1S/C14H11Br2FIN/c15-9-3-4-13(18)11(6-9)14(19)5-8-1-2-10(16)7-12(8)17/h1-4,6-7,14H,5,19H2. The first-order valence-corrected chi connectivity index (χ1v) is 8.28. The van der Waals surface area contributed by atoms with Gasteiger partial charge >= 0.3 is 0 Å². The van der Waals surface area contributed by atoms with E-state index in [0.29, 0.717) is 12.0 Å². The van der Waals surface area contributed by atoms with Gasteiger partial charge in [0.1, 0.15) is 5.82 Å². The molecule has 0 aliphatic heterocycles. The van der Waals surface area contributed by atoms with Crippen molar-refractivity contribution >= 4 is 54.5 Å². The van der Waals surface area contributed by atoms with Crippen molar-refractivity contribution in [2.45, 2.75) is 12.5 Å². The number of halogens is 4. The van der Waals surface area contributed by atoms with E-state index in [1.165, 1.54) is 6.07 Å². The Morgan fingerprint density at radius 2 is 1.74 bits per heavy atom.